The number of amides is 2. The molecule has 1 aliphatic heterocycles. The van der Waals surface area contributed by atoms with Gasteiger partial charge in [0.2, 0.25) is 0 Å². The fourth-order valence-corrected chi connectivity index (χ4v) is 6.88. The molecule has 1 aromatic heterocycles. The maximum Gasteiger partial charge on any atom is 0.330 e. The molecule has 41 heavy (non-hydrogen) atoms. The Labute approximate surface area is 246 Å². The number of rotatable bonds is 6. The summed E-state index contributed by atoms with van der Waals surface area (Å²) in [6.07, 6.45) is 0. The molecule has 0 aliphatic carbocycles. The number of ketones is 1. The molecule has 4 aromatic rings. The van der Waals surface area contributed by atoms with E-state index in [1.807, 2.05) is 24.4 Å². The molecule has 1 saturated heterocycles. The number of benzene rings is 3. The molecule has 0 radical (unpaired) electrons. The molecule has 206 valence electrons. The third-order valence-electron chi connectivity index (χ3n) is 7.68. The summed E-state index contributed by atoms with van der Waals surface area (Å²) in [5, 5.41) is 25.3. The molecule has 0 bridgehead atoms. The molecule has 4 unspecified atom stereocenters. The third-order valence-corrected chi connectivity index (χ3v) is 8.87. The summed E-state index contributed by atoms with van der Waals surface area (Å²) in [7, 11) is 0. The second kappa shape index (κ2) is 11.2. The number of hydrogen-bond donors (Lipinski definition) is 2. The lowest BCUT2D eigenvalue weighted by Gasteiger charge is -2.37. The van der Waals surface area contributed by atoms with Gasteiger partial charge in [0.05, 0.1) is 23.6 Å². The van der Waals surface area contributed by atoms with Crippen molar-refractivity contribution < 1.29 is 19.5 Å². The second-order valence-corrected chi connectivity index (χ2v) is 11.6. The highest BCUT2D eigenvalue weighted by atomic mass is 35.5. The highest BCUT2D eigenvalue weighted by Gasteiger charge is 2.65. The minimum absolute atomic E-state index is 0.275. The highest BCUT2D eigenvalue weighted by Crippen LogP contribution is 2.57. The van der Waals surface area contributed by atoms with Crippen LogP contribution in [-0.4, -0.2) is 33.3 Å². The Morgan fingerprint density at radius 1 is 1.02 bits per heavy atom. The molecule has 5 rings (SSSR count). The highest BCUT2D eigenvalue weighted by molar-refractivity contribution is 7.10. The van der Waals surface area contributed by atoms with E-state index < -0.39 is 35.4 Å². The number of aliphatic carboxylic acids is 1. The molecular formula is C32H26ClN3O4S. The van der Waals surface area contributed by atoms with Gasteiger partial charge in [-0.2, -0.15) is 5.26 Å². The Hall–Kier alpha value is -4.45. The number of carbonyl (C=O) groups excluding carboxylic acids is 2. The van der Waals surface area contributed by atoms with Gasteiger partial charge < -0.3 is 10.4 Å². The van der Waals surface area contributed by atoms with Crippen LogP contribution in [0, 0.1) is 24.2 Å². The van der Waals surface area contributed by atoms with E-state index >= 15 is 0 Å². The Morgan fingerprint density at radius 2 is 1.73 bits per heavy atom. The molecule has 7 nitrogen and oxygen atoms in total. The average Bonchev–Trinajstić information content (AvgIpc) is 3.58. The van der Waals surface area contributed by atoms with E-state index in [2.05, 4.69) is 11.4 Å². The van der Waals surface area contributed by atoms with E-state index in [4.69, 9.17) is 11.6 Å². The second-order valence-electron chi connectivity index (χ2n) is 10.2. The van der Waals surface area contributed by atoms with E-state index in [0.29, 0.717) is 32.3 Å². The number of carboxylic acid groups (broad SMARTS) is 1. The number of nitriles is 1. The van der Waals surface area contributed by atoms with E-state index in [1.165, 1.54) is 23.2 Å². The number of nitrogens with one attached hydrogen (secondary N) is 1. The Morgan fingerprint density at radius 3 is 2.32 bits per heavy atom. The lowest BCUT2D eigenvalue weighted by molar-refractivity contribution is -0.148. The van der Waals surface area contributed by atoms with Crippen molar-refractivity contribution in [1.82, 2.24) is 4.90 Å². The number of nitrogens with zero attached hydrogens (tertiary/aromatic N) is 2. The zero-order valence-electron chi connectivity index (χ0n) is 22.2. The summed E-state index contributed by atoms with van der Waals surface area (Å²) in [4.78, 5) is 43.8. The van der Waals surface area contributed by atoms with Crippen LogP contribution in [-0.2, 0) is 4.79 Å². The zero-order valence-corrected chi connectivity index (χ0v) is 23.8. The van der Waals surface area contributed by atoms with Gasteiger partial charge in [-0.15, -0.1) is 11.3 Å². The predicted octanol–water partition coefficient (Wildman–Crippen LogP) is 7.30. The molecule has 0 saturated carbocycles. The van der Waals surface area contributed by atoms with Crippen LogP contribution >= 0.6 is 22.9 Å². The van der Waals surface area contributed by atoms with Crippen LogP contribution in [0.3, 0.4) is 0 Å². The van der Waals surface area contributed by atoms with E-state index in [-0.39, 0.29) is 5.78 Å². The topological polar surface area (TPSA) is 111 Å². The van der Waals surface area contributed by atoms with Gasteiger partial charge in [0.15, 0.2) is 5.78 Å². The van der Waals surface area contributed by atoms with Gasteiger partial charge in [0.1, 0.15) is 5.54 Å². The molecule has 0 spiro atoms. The minimum Gasteiger partial charge on any atom is -0.479 e. The standard InChI is InChI=1S/C32H26ClN3O4S/c1-19-8-12-22(13-9-19)29(37)26-27(25-7-4-16-41-25)32(2,30(38)39)36(28(26)21-14-10-20(18-34)11-15-21)31(40)35-24-6-3-5-23(33)17-24/h3-17,26-28H,1-2H3,(H,35,40)(H,38,39). The van der Waals surface area contributed by atoms with Crippen LogP contribution in [0.5, 0.6) is 0 Å². The summed E-state index contributed by atoms with van der Waals surface area (Å²) < 4.78 is 0. The van der Waals surface area contributed by atoms with Gasteiger partial charge in [0, 0.05) is 27.1 Å². The SMILES string of the molecule is Cc1ccc(C(=O)C2C(c3ccc(C#N)cc3)N(C(=O)Nc3cccc(Cl)c3)C(C)(C(=O)O)C2c2cccs2)cc1. The average molecular weight is 584 g/mol. The zero-order chi connectivity index (χ0) is 29.3. The van der Waals surface area contributed by atoms with Crippen LogP contribution in [0.4, 0.5) is 10.5 Å². The first-order valence-corrected chi connectivity index (χ1v) is 14.1. The number of halogens is 1. The van der Waals surface area contributed by atoms with Crippen LogP contribution in [0.15, 0.2) is 90.3 Å². The smallest absolute Gasteiger partial charge is 0.330 e. The number of urea groups is 1. The Kier molecular flexibility index (Phi) is 7.68. The summed E-state index contributed by atoms with van der Waals surface area (Å²) in [5.41, 5.74) is 0.905. The van der Waals surface area contributed by atoms with Crippen molar-refractivity contribution in [3.63, 3.8) is 0 Å². The van der Waals surface area contributed by atoms with Gasteiger partial charge in [-0.1, -0.05) is 65.7 Å². The number of hydrogen-bond acceptors (Lipinski definition) is 5. The summed E-state index contributed by atoms with van der Waals surface area (Å²) >= 11 is 7.50. The van der Waals surface area contributed by atoms with Crippen molar-refractivity contribution in [3.05, 3.63) is 122 Å². The lowest BCUT2D eigenvalue weighted by atomic mass is 9.74. The normalized spacial score (nSPS) is 21.7. The Balaban J connectivity index is 1.75. The van der Waals surface area contributed by atoms with Crippen molar-refractivity contribution in [2.24, 2.45) is 5.92 Å². The quantitative estimate of drug-likeness (QED) is 0.231. The Bertz CT molecular complexity index is 1650. The van der Waals surface area contributed by atoms with E-state index in [0.717, 1.165) is 5.56 Å². The molecule has 1 fully saturated rings. The van der Waals surface area contributed by atoms with E-state index in [1.54, 1.807) is 72.8 Å². The van der Waals surface area contributed by atoms with Crippen molar-refractivity contribution in [2.45, 2.75) is 31.3 Å². The number of carboxylic acids is 1. The monoisotopic (exact) mass is 583 g/mol. The largest absolute Gasteiger partial charge is 0.479 e. The van der Waals surface area contributed by atoms with Crippen molar-refractivity contribution in [3.8, 4) is 6.07 Å². The molecule has 3 aromatic carbocycles. The number of Topliss-reactive ketones (excluding diaryl/α,β-unsaturated/α-hetero) is 1. The molecule has 1 aliphatic rings. The lowest BCUT2D eigenvalue weighted by Crippen LogP contribution is -2.55. The molecule has 4 atom stereocenters. The van der Waals surface area contributed by atoms with Crippen LogP contribution in [0.2, 0.25) is 5.02 Å². The third kappa shape index (κ3) is 5.10. The number of thiophene rings is 1. The molecule has 2 heterocycles. The minimum atomic E-state index is -1.82. The molecule has 2 N–H and O–H groups in total. The van der Waals surface area contributed by atoms with Crippen LogP contribution in [0.1, 0.15) is 50.8 Å². The number of anilines is 1. The van der Waals surface area contributed by atoms with Gasteiger partial charge in [-0.25, -0.2) is 9.59 Å². The molecule has 9 heteroatoms. The first-order chi connectivity index (χ1) is 19.6. The maximum absolute atomic E-state index is 14.4. The van der Waals surface area contributed by atoms with Crippen LogP contribution < -0.4 is 5.32 Å². The van der Waals surface area contributed by atoms with Gasteiger partial charge in [0.25, 0.3) is 0 Å². The molecular weight excluding hydrogens is 558 g/mol. The fraction of sp³-hybridized carbons (Fsp3) is 0.188. The van der Waals surface area contributed by atoms with Crippen molar-refractivity contribution >= 4 is 46.4 Å². The van der Waals surface area contributed by atoms with Gasteiger partial charge in [-0.3, -0.25) is 9.69 Å². The van der Waals surface area contributed by atoms with Crippen molar-refractivity contribution in [1.29, 1.82) is 5.26 Å². The number of likely N-dealkylation sites (tertiary alicyclic amines) is 1. The number of carbonyl (C=O) groups is 3. The molecule has 2 amide bonds. The first kappa shape index (κ1) is 28.1. The maximum atomic E-state index is 14.4. The first-order valence-electron chi connectivity index (χ1n) is 12.9. The summed E-state index contributed by atoms with van der Waals surface area (Å²) in [5.74, 6) is -3.34. The van der Waals surface area contributed by atoms with Gasteiger partial charge in [-0.05, 0) is 61.2 Å². The van der Waals surface area contributed by atoms with Gasteiger partial charge >= 0.3 is 12.0 Å². The predicted molar refractivity (Wildman–Crippen MR) is 158 cm³/mol. The fourth-order valence-electron chi connectivity index (χ4n) is 5.69. The number of aryl methyl sites for hydroxylation is 1. The van der Waals surface area contributed by atoms with Crippen LogP contribution in [0.25, 0.3) is 0 Å². The summed E-state index contributed by atoms with van der Waals surface area (Å²) in [6, 6.07) is 24.3. The van der Waals surface area contributed by atoms with E-state index in [9.17, 15) is 24.8 Å². The van der Waals surface area contributed by atoms with Crippen molar-refractivity contribution in [2.75, 3.05) is 5.32 Å². The summed E-state index contributed by atoms with van der Waals surface area (Å²) in [6.45, 7) is 3.41.